The van der Waals surface area contributed by atoms with Gasteiger partial charge in [-0.15, -0.1) is 0 Å². The molecule has 0 saturated carbocycles. The van der Waals surface area contributed by atoms with Crippen LogP contribution in [0.2, 0.25) is 0 Å². The van der Waals surface area contributed by atoms with E-state index in [9.17, 15) is 9.59 Å². The summed E-state index contributed by atoms with van der Waals surface area (Å²) in [7, 11) is 0. The summed E-state index contributed by atoms with van der Waals surface area (Å²) in [6.07, 6.45) is 2.34. The van der Waals surface area contributed by atoms with Gasteiger partial charge in [-0.2, -0.15) is 0 Å². The number of hydrogen-bond acceptors (Lipinski definition) is 6. The number of carbonyl (C=O) groups excluding carboxylic acids is 2. The molecule has 6 N–H and O–H groups in total. The van der Waals surface area contributed by atoms with Crippen LogP contribution in [0.1, 0.15) is 53.4 Å². The molecule has 118 valence electrons. The van der Waals surface area contributed by atoms with Crippen LogP contribution in [0.25, 0.3) is 0 Å². The number of nitrogens with two attached hydrogens (primary N) is 3. The molecule has 0 aromatic rings. The molecule has 0 aliphatic heterocycles. The second-order valence-electron chi connectivity index (χ2n) is 6.36. The fraction of sp³-hybridized carbons (Fsp3) is 0.857. The van der Waals surface area contributed by atoms with Crippen LogP contribution in [0.4, 0.5) is 0 Å². The third-order valence-electron chi connectivity index (χ3n) is 3.10. The van der Waals surface area contributed by atoms with Crippen molar-refractivity contribution in [1.82, 2.24) is 0 Å². The maximum atomic E-state index is 11.9. The molecule has 0 aromatic carbocycles. The lowest BCUT2D eigenvalue weighted by Crippen LogP contribution is -2.52. The average molecular weight is 287 g/mol. The minimum Gasteiger partial charge on any atom is -0.390 e. The van der Waals surface area contributed by atoms with E-state index in [0.29, 0.717) is 25.8 Å². The van der Waals surface area contributed by atoms with E-state index < -0.39 is 23.0 Å². The Balaban J connectivity index is 4.54. The highest BCUT2D eigenvalue weighted by Gasteiger charge is 2.37. The minimum absolute atomic E-state index is 0.224. The molecule has 0 bridgehead atoms. The van der Waals surface area contributed by atoms with Crippen molar-refractivity contribution in [3.8, 4) is 0 Å². The van der Waals surface area contributed by atoms with Gasteiger partial charge in [-0.3, -0.25) is 0 Å². The molecule has 0 unspecified atom stereocenters. The Labute approximate surface area is 121 Å². The van der Waals surface area contributed by atoms with Crippen LogP contribution in [-0.4, -0.2) is 29.6 Å². The van der Waals surface area contributed by atoms with E-state index in [0.717, 1.165) is 6.42 Å². The Hall–Kier alpha value is -0.980. The van der Waals surface area contributed by atoms with Crippen molar-refractivity contribution in [2.24, 2.45) is 23.1 Å². The molecule has 6 heteroatoms. The van der Waals surface area contributed by atoms with Crippen molar-refractivity contribution in [1.29, 1.82) is 0 Å². The third-order valence-corrected chi connectivity index (χ3v) is 3.10. The Bertz CT molecular complexity index is 339. The summed E-state index contributed by atoms with van der Waals surface area (Å²) >= 11 is 0. The SMILES string of the molecule is CC(C)C[C@](C)(N)C(=O)OC(=O)[C@@](C)(N)CCCCN. The zero-order valence-electron chi connectivity index (χ0n) is 13.1. The van der Waals surface area contributed by atoms with Gasteiger partial charge in [-0.05, 0) is 52.0 Å². The molecule has 0 aromatic heterocycles. The number of hydrogen-bond donors (Lipinski definition) is 3. The van der Waals surface area contributed by atoms with Gasteiger partial charge in [0, 0.05) is 0 Å². The molecular formula is C14H29N3O3. The van der Waals surface area contributed by atoms with Gasteiger partial charge in [0.15, 0.2) is 0 Å². The molecule has 0 saturated heterocycles. The Morgan fingerprint density at radius 3 is 2.00 bits per heavy atom. The number of unbranched alkanes of at least 4 members (excludes halogenated alkanes) is 1. The molecule has 0 rings (SSSR count). The van der Waals surface area contributed by atoms with Gasteiger partial charge in [0.25, 0.3) is 0 Å². The molecule has 0 spiro atoms. The van der Waals surface area contributed by atoms with Crippen molar-refractivity contribution in [3.63, 3.8) is 0 Å². The zero-order chi connectivity index (χ0) is 16.0. The van der Waals surface area contributed by atoms with Crippen molar-refractivity contribution in [2.45, 2.75) is 64.5 Å². The first-order valence-corrected chi connectivity index (χ1v) is 7.07. The lowest BCUT2D eigenvalue weighted by atomic mass is 9.91. The van der Waals surface area contributed by atoms with Gasteiger partial charge in [-0.1, -0.05) is 13.8 Å². The Kier molecular flexibility index (Phi) is 7.33. The van der Waals surface area contributed by atoms with E-state index in [1.807, 2.05) is 13.8 Å². The van der Waals surface area contributed by atoms with E-state index in [2.05, 4.69) is 0 Å². The number of ether oxygens (including phenoxy) is 1. The standard InChI is InChI=1S/C14H29N3O3/c1-10(2)9-14(4,17)12(19)20-11(18)13(3,16)7-5-6-8-15/h10H,5-9,15-17H2,1-4H3/t13-,14-/m0/s1. The normalized spacial score (nSPS) is 17.4. The summed E-state index contributed by atoms with van der Waals surface area (Å²) < 4.78 is 4.85. The smallest absolute Gasteiger partial charge is 0.333 e. The average Bonchev–Trinajstić information content (AvgIpc) is 2.27. The van der Waals surface area contributed by atoms with Crippen molar-refractivity contribution in [3.05, 3.63) is 0 Å². The lowest BCUT2D eigenvalue weighted by molar-refractivity contribution is -0.167. The summed E-state index contributed by atoms with van der Waals surface area (Å²) in [6.45, 7) is 7.54. The van der Waals surface area contributed by atoms with Gasteiger partial charge in [0.1, 0.15) is 11.1 Å². The third kappa shape index (κ3) is 6.45. The topological polar surface area (TPSA) is 121 Å². The molecule has 0 radical (unpaired) electrons. The van der Waals surface area contributed by atoms with Crippen LogP contribution in [0.3, 0.4) is 0 Å². The van der Waals surface area contributed by atoms with Crippen LogP contribution in [0.15, 0.2) is 0 Å². The summed E-state index contributed by atoms with van der Waals surface area (Å²) in [6, 6.07) is 0. The summed E-state index contributed by atoms with van der Waals surface area (Å²) in [5.41, 5.74) is 14.8. The van der Waals surface area contributed by atoms with E-state index in [1.165, 1.54) is 0 Å². The van der Waals surface area contributed by atoms with Crippen LogP contribution >= 0.6 is 0 Å². The number of carbonyl (C=O) groups is 2. The van der Waals surface area contributed by atoms with Crippen LogP contribution < -0.4 is 17.2 Å². The van der Waals surface area contributed by atoms with Gasteiger partial charge >= 0.3 is 11.9 Å². The highest BCUT2D eigenvalue weighted by atomic mass is 16.6. The van der Waals surface area contributed by atoms with Gasteiger partial charge in [0.05, 0.1) is 0 Å². The summed E-state index contributed by atoms with van der Waals surface area (Å²) in [5, 5.41) is 0. The molecule has 6 nitrogen and oxygen atoms in total. The number of esters is 2. The van der Waals surface area contributed by atoms with Gasteiger partial charge in [-0.25, -0.2) is 9.59 Å². The van der Waals surface area contributed by atoms with Crippen molar-refractivity contribution < 1.29 is 14.3 Å². The summed E-state index contributed by atoms with van der Waals surface area (Å²) in [4.78, 5) is 23.9. The van der Waals surface area contributed by atoms with Crippen LogP contribution in [0, 0.1) is 5.92 Å². The minimum atomic E-state index is -1.20. The molecule has 0 amide bonds. The molecule has 0 aliphatic rings. The Morgan fingerprint density at radius 2 is 1.55 bits per heavy atom. The molecule has 0 heterocycles. The first-order chi connectivity index (χ1) is 9.03. The van der Waals surface area contributed by atoms with Gasteiger partial charge < -0.3 is 21.9 Å². The van der Waals surface area contributed by atoms with E-state index in [4.69, 9.17) is 21.9 Å². The molecule has 0 fully saturated rings. The maximum Gasteiger partial charge on any atom is 0.333 e. The predicted molar refractivity (Wildman–Crippen MR) is 78.6 cm³/mol. The zero-order valence-corrected chi connectivity index (χ0v) is 13.1. The second-order valence-corrected chi connectivity index (χ2v) is 6.36. The lowest BCUT2D eigenvalue weighted by Gasteiger charge is -2.27. The van der Waals surface area contributed by atoms with Crippen molar-refractivity contribution >= 4 is 11.9 Å². The largest absolute Gasteiger partial charge is 0.390 e. The molecule has 2 atom stereocenters. The van der Waals surface area contributed by atoms with Crippen molar-refractivity contribution in [2.75, 3.05) is 6.54 Å². The van der Waals surface area contributed by atoms with E-state index in [-0.39, 0.29) is 5.92 Å². The first-order valence-electron chi connectivity index (χ1n) is 7.07. The predicted octanol–water partition coefficient (Wildman–Crippen LogP) is 0.666. The molecule has 20 heavy (non-hydrogen) atoms. The summed E-state index contributed by atoms with van der Waals surface area (Å²) in [5.74, 6) is -1.24. The van der Waals surface area contributed by atoms with Crippen LogP contribution in [0.5, 0.6) is 0 Å². The first kappa shape index (κ1) is 19.0. The van der Waals surface area contributed by atoms with Gasteiger partial charge in [0.2, 0.25) is 0 Å². The molecule has 0 aliphatic carbocycles. The second kappa shape index (κ2) is 7.71. The molecular weight excluding hydrogens is 258 g/mol. The highest BCUT2D eigenvalue weighted by molar-refractivity contribution is 5.94. The van der Waals surface area contributed by atoms with E-state index >= 15 is 0 Å². The Morgan fingerprint density at radius 1 is 1.05 bits per heavy atom. The fourth-order valence-electron chi connectivity index (χ4n) is 1.99. The fourth-order valence-corrected chi connectivity index (χ4v) is 1.99. The monoisotopic (exact) mass is 287 g/mol. The van der Waals surface area contributed by atoms with Crippen LogP contribution in [-0.2, 0) is 14.3 Å². The van der Waals surface area contributed by atoms with E-state index in [1.54, 1.807) is 13.8 Å². The number of rotatable bonds is 8. The quantitative estimate of drug-likeness (QED) is 0.342. The highest BCUT2D eigenvalue weighted by Crippen LogP contribution is 2.18. The maximum absolute atomic E-state index is 11.9.